The summed E-state index contributed by atoms with van der Waals surface area (Å²) < 4.78 is 6.77. The lowest BCUT2D eigenvalue weighted by atomic mass is 10.0. The standard InChI is InChI=1S/C23H26N6O3/c1-15-24-13-19(22(30)25-11-16-6-8-18(32-3)9-7-16)21(27-15)20-5-4-10-29(20)23(31)17-12-26-28(2)14-17/h6-9,12-14,20H,4-5,10-11H2,1-3H3,(H,25,30)/t20-/m0/s1. The number of hydrogen-bond acceptors (Lipinski definition) is 6. The molecule has 3 aromatic rings. The fraction of sp³-hybridized carbons (Fsp3) is 0.348. The van der Waals surface area contributed by atoms with Gasteiger partial charge < -0.3 is 15.0 Å². The Morgan fingerprint density at radius 3 is 2.69 bits per heavy atom. The quantitative estimate of drug-likeness (QED) is 0.639. The van der Waals surface area contributed by atoms with Crippen molar-refractivity contribution in [1.82, 2.24) is 30.0 Å². The minimum absolute atomic E-state index is 0.110. The number of carbonyl (C=O) groups is 2. The molecule has 1 N–H and O–H groups in total. The first-order valence-electron chi connectivity index (χ1n) is 10.5. The van der Waals surface area contributed by atoms with Gasteiger partial charge in [0.1, 0.15) is 11.6 Å². The highest BCUT2D eigenvalue weighted by Gasteiger charge is 2.34. The van der Waals surface area contributed by atoms with E-state index in [1.165, 1.54) is 0 Å². The first-order chi connectivity index (χ1) is 15.5. The molecule has 9 nitrogen and oxygen atoms in total. The van der Waals surface area contributed by atoms with Crippen molar-refractivity contribution in [3.8, 4) is 5.75 Å². The molecule has 2 aromatic heterocycles. The first-order valence-corrected chi connectivity index (χ1v) is 10.5. The van der Waals surface area contributed by atoms with Crippen LogP contribution in [0.2, 0.25) is 0 Å². The van der Waals surface area contributed by atoms with Gasteiger partial charge in [-0.15, -0.1) is 0 Å². The Labute approximate surface area is 186 Å². The first kappa shape index (κ1) is 21.5. The van der Waals surface area contributed by atoms with Crippen LogP contribution in [0.5, 0.6) is 5.75 Å². The number of rotatable bonds is 6. The van der Waals surface area contributed by atoms with Gasteiger partial charge in [0.05, 0.1) is 36.2 Å². The predicted molar refractivity (Wildman–Crippen MR) is 117 cm³/mol. The number of hydrogen-bond donors (Lipinski definition) is 1. The fourth-order valence-corrected chi connectivity index (χ4v) is 3.93. The third-order valence-electron chi connectivity index (χ3n) is 5.58. The number of aromatic nitrogens is 4. The van der Waals surface area contributed by atoms with Crippen molar-refractivity contribution >= 4 is 11.8 Å². The van der Waals surface area contributed by atoms with Crippen LogP contribution in [0.15, 0.2) is 42.9 Å². The molecule has 1 saturated heterocycles. The van der Waals surface area contributed by atoms with Crippen LogP contribution >= 0.6 is 0 Å². The van der Waals surface area contributed by atoms with E-state index >= 15 is 0 Å². The Balaban J connectivity index is 1.55. The summed E-state index contributed by atoms with van der Waals surface area (Å²) in [6, 6.07) is 7.21. The van der Waals surface area contributed by atoms with E-state index in [9.17, 15) is 9.59 Å². The van der Waals surface area contributed by atoms with Gasteiger partial charge in [0.25, 0.3) is 11.8 Å². The van der Waals surface area contributed by atoms with Crippen molar-refractivity contribution in [2.24, 2.45) is 7.05 Å². The monoisotopic (exact) mass is 434 g/mol. The Bertz CT molecular complexity index is 1130. The molecule has 2 amide bonds. The van der Waals surface area contributed by atoms with E-state index in [0.717, 1.165) is 24.2 Å². The molecule has 1 atom stereocenters. The number of amides is 2. The molecule has 1 fully saturated rings. The van der Waals surface area contributed by atoms with E-state index in [2.05, 4.69) is 20.4 Å². The number of methoxy groups -OCH3 is 1. The van der Waals surface area contributed by atoms with Gasteiger partial charge >= 0.3 is 0 Å². The minimum Gasteiger partial charge on any atom is -0.497 e. The number of likely N-dealkylation sites (tertiary alicyclic amines) is 1. The molecule has 0 saturated carbocycles. The van der Waals surface area contributed by atoms with E-state index in [-0.39, 0.29) is 17.9 Å². The average molecular weight is 435 g/mol. The lowest BCUT2D eigenvalue weighted by molar-refractivity contribution is 0.0729. The van der Waals surface area contributed by atoms with Crippen LogP contribution in [0.1, 0.15) is 56.7 Å². The fourth-order valence-electron chi connectivity index (χ4n) is 3.93. The summed E-state index contributed by atoms with van der Waals surface area (Å²) in [6.07, 6.45) is 6.39. The zero-order valence-corrected chi connectivity index (χ0v) is 18.4. The highest BCUT2D eigenvalue weighted by Crippen LogP contribution is 2.33. The summed E-state index contributed by atoms with van der Waals surface area (Å²) in [5, 5.41) is 7.04. The molecule has 0 spiro atoms. The van der Waals surface area contributed by atoms with Crippen molar-refractivity contribution in [3.05, 3.63) is 71.1 Å². The molecule has 0 aliphatic carbocycles. The maximum atomic E-state index is 13.1. The van der Waals surface area contributed by atoms with Gasteiger partial charge in [-0.1, -0.05) is 12.1 Å². The average Bonchev–Trinajstić information content (AvgIpc) is 3.46. The Kier molecular flexibility index (Phi) is 6.16. The zero-order chi connectivity index (χ0) is 22.7. The molecule has 0 unspecified atom stereocenters. The molecule has 4 rings (SSSR count). The summed E-state index contributed by atoms with van der Waals surface area (Å²) in [6.45, 7) is 2.75. The van der Waals surface area contributed by atoms with Crippen LogP contribution in [-0.2, 0) is 13.6 Å². The molecule has 1 aromatic carbocycles. The zero-order valence-electron chi connectivity index (χ0n) is 18.4. The second-order valence-electron chi connectivity index (χ2n) is 7.81. The maximum absolute atomic E-state index is 13.1. The van der Waals surface area contributed by atoms with Gasteiger partial charge in [-0.25, -0.2) is 9.97 Å². The third kappa shape index (κ3) is 4.46. The van der Waals surface area contributed by atoms with E-state index < -0.39 is 0 Å². The van der Waals surface area contributed by atoms with Gasteiger partial charge in [-0.05, 0) is 37.5 Å². The van der Waals surface area contributed by atoms with Crippen molar-refractivity contribution in [1.29, 1.82) is 0 Å². The highest BCUT2D eigenvalue weighted by molar-refractivity contribution is 5.96. The molecule has 166 valence electrons. The SMILES string of the molecule is COc1ccc(CNC(=O)c2cnc(C)nc2[C@@H]2CCCN2C(=O)c2cnn(C)c2)cc1. The lowest BCUT2D eigenvalue weighted by Gasteiger charge is -2.25. The van der Waals surface area contributed by atoms with E-state index in [1.54, 1.807) is 49.3 Å². The smallest absolute Gasteiger partial charge is 0.257 e. The summed E-state index contributed by atoms with van der Waals surface area (Å²) >= 11 is 0. The molecule has 1 aliphatic rings. The number of nitrogens with one attached hydrogen (secondary N) is 1. The Morgan fingerprint density at radius 1 is 1.22 bits per heavy atom. The van der Waals surface area contributed by atoms with Crippen LogP contribution in [-0.4, -0.2) is 50.1 Å². The number of benzene rings is 1. The van der Waals surface area contributed by atoms with Gasteiger partial charge in [0, 0.05) is 32.5 Å². The van der Waals surface area contributed by atoms with Gasteiger partial charge in [0.2, 0.25) is 0 Å². The summed E-state index contributed by atoms with van der Waals surface area (Å²) in [4.78, 5) is 36.7. The highest BCUT2D eigenvalue weighted by atomic mass is 16.5. The number of nitrogens with zero attached hydrogens (tertiary/aromatic N) is 5. The minimum atomic E-state index is -0.286. The van der Waals surface area contributed by atoms with Crippen LogP contribution in [0.25, 0.3) is 0 Å². The summed E-state index contributed by atoms with van der Waals surface area (Å²) in [7, 11) is 3.39. The Hall–Kier alpha value is -3.75. The van der Waals surface area contributed by atoms with Crippen LogP contribution in [0.4, 0.5) is 0 Å². The molecule has 0 bridgehead atoms. The Morgan fingerprint density at radius 2 is 2.00 bits per heavy atom. The number of aryl methyl sites for hydroxylation is 2. The molecular weight excluding hydrogens is 408 g/mol. The largest absolute Gasteiger partial charge is 0.497 e. The molecule has 0 radical (unpaired) electrons. The van der Waals surface area contributed by atoms with E-state index in [1.807, 2.05) is 24.3 Å². The van der Waals surface area contributed by atoms with Crippen molar-refractivity contribution in [3.63, 3.8) is 0 Å². The second-order valence-corrected chi connectivity index (χ2v) is 7.81. The van der Waals surface area contributed by atoms with E-state index in [0.29, 0.717) is 35.7 Å². The van der Waals surface area contributed by atoms with Gasteiger partial charge in [-0.2, -0.15) is 5.10 Å². The van der Waals surface area contributed by atoms with Crippen molar-refractivity contribution < 1.29 is 14.3 Å². The molecule has 9 heteroatoms. The molecule has 3 heterocycles. The topological polar surface area (TPSA) is 102 Å². The van der Waals surface area contributed by atoms with Crippen molar-refractivity contribution in [2.45, 2.75) is 32.4 Å². The molecule has 32 heavy (non-hydrogen) atoms. The summed E-state index contributed by atoms with van der Waals surface area (Å²) in [5.41, 5.74) is 2.44. The number of ether oxygens (including phenoxy) is 1. The number of carbonyl (C=O) groups excluding carboxylic acids is 2. The molecular formula is C23H26N6O3. The second kappa shape index (κ2) is 9.17. The maximum Gasteiger partial charge on any atom is 0.257 e. The normalized spacial score (nSPS) is 15.6. The van der Waals surface area contributed by atoms with Gasteiger partial charge in [-0.3, -0.25) is 14.3 Å². The third-order valence-corrected chi connectivity index (χ3v) is 5.58. The predicted octanol–water partition coefficient (Wildman–Crippen LogP) is 2.43. The lowest BCUT2D eigenvalue weighted by Crippen LogP contribution is -2.33. The van der Waals surface area contributed by atoms with Crippen LogP contribution in [0.3, 0.4) is 0 Å². The summed E-state index contributed by atoms with van der Waals surface area (Å²) in [5.74, 6) is 0.944. The van der Waals surface area contributed by atoms with Gasteiger partial charge in [0.15, 0.2) is 0 Å². The van der Waals surface area contributed by atoms with E-state index in [4.69, 9.17) is 4.74 Å². The van der Waals surface area contributed by atoms with Crippen molar-refractivity contribution in [2.75, 3.05) is 13.7 Å². The van der Waals surface area contributed by atoms with Crippen LogP contribution in [0, 0.1) is 6.92 Å². The van der Waals surface area contributed by atoms with Crippen LogP contribution < -0.4 is 10.1 Å². The molecule has 1 aliphatic heterocycles.